The van der Waals surface area contributed by atoms with Crippen LogP contribution in [0.2, 0.25) is 10.0 Å². The summed E-state index contributed by atoms with van der Waals surface area (Å²) in [5, 5.41) is 5.07. The summed E-state index contributed by atoms with van der Waals surface area (Å²) < 4.78 is 43.4. The number of methoxy groups -OCH3 is 1. The van der Waals surface area contributed by atoms with Crippen LogP contribution in [0.25, 0.3) is 11.3 Å². The van der Waals surface area contributed by atoms with E-state index in [0.717, 1.165) is 4.31 Å². The predicted octanol–water partition coefficient (Wildman–Crippen LogP) is 6.36. The zero-order chi connectivity index (χ0) is 28.3. The van der Waals surface area contributed by atoms with Gasteiger partial charge in [0.15, 0.2) is 0 Å². The molecule has 0 radical (unpaired) electrons. The monoisotopic (exact) mass is 589 g/mol. The number of sulfonamides is 1. The Balaban J connectivity index is 1.53. The van der Waals surface area contributed by atoms with Gasteiger partial charge in [0.2, 0.25) is 5.88 Å². The van der Waals surface area contributed by atoms with Crippen molar-refractivity contribution >= 4 is 44.9 Å². The van der Waals surface area contributed by atoms with E-state index in [0.29, 0.717) is 38.3 Å². The van der Waals surface area contributed by atoms with Gasteiger partial charge < -0.3 is 14.0 Å². The molecule has 0 saturated heterocycles. The number of hydrogen-bond donors (Lipinski definition) is 0. The van der Waals surface area contributed by atoms with Crippen molar-refractivity contribution < 1.29 is 27.2 Å². The Morgan fingerprint density at radius 3 is 2.28 bits per heavy atom. The van der Waals surface area contributed by atoms with Crippen molar-refractivity contribution in [3.63, 3.8) is 0 Å². The average molecular weight is 590 g/mol. The Kier molecular flexibility index (Phi) is 8.48. The van der Waals surface area contributed by atoms with Gasteiger partial charge >= 0.3 is 5.97 Å². The molecule has 0 aliphatic rings. The quantitative estimate of drug-likeness (QED) is 0.207. The summed E-state index contributed by atoms with van der Waals surface area (Å²) in [5.74, 6) is 0.351. The lowest BCUT2D eigenvalue weighted by Gasteiger charge is -2.19. The van der Waals surface area contributed by atoms with E-state index < -0.39 is 16.0 Å². The number of pyridine rings is 1. The molecule has 204 valence electrons. The summed E-state index contributed by atoms with van der Waals surface area (Å²) in [6.07, 6.45) is 1.39. The third-order valence-corrected chi connectivity index (χ3v) is 8.35. The molecule has 0 aliphatic heterocycles. The molecule has 4 rings (SSSR count). The number of carbonyl (C=O) groups is 1. The summed E-state index contributed by atoms with van der Waals surface area (Å²) in [6, 6.07) is 13.8. The fourth-order valence-corrected chi connectivity index (χ4v) is 5.56. The molecule has 0 amide bonds. The van der Waals surface area contributed by atoms with Gasteiger partial charge in [0.25, 0.3) is 10.0 Å². The van der Waals surface area contributed by atoms with Crippen molar-refractivity contribution in [3.8, 4) is 17.1 Å². The van der Waals surface area contributed by atoms with Crippen molar-refractivity contribution in [2.45, 2.75) is 31.3 Å². The SMILES string of the molecule is COC(=O)c1ccc(S(=O)(=O)N(C)c2ccc(OCc3c(-c4c(Cl)cccc4Cl)noc3C(C)C)nc2)cc1. The Labute approximate surface area is 236 Å². The minimum absolute atomic E-state index is 0.0115. The lowest BCUT2D eigenvalue weighted by Crippen LogP contribution is -2.26. The first-order valence-corrected chi connectivity index (χ1v) is 13.9. The molecule has 4 aromatic rings. The van der Waals surface area contributed by atoms with Crippen molar-refractivity contribution in [2.24, 2.45) is 0 Å². The van der Waals surface area contributed by atoms with Crippen molar-refractivity contribution in [3.05, 3.63) is 87.7 Å². The fourth-order valence-electron chi connectivity index (χ4n) is 3.80. The van der Waals surface area contributed by atoms with Gasteiger partial charge in [-0.15, -0.1) is 0 Å². The molecule has 9 nitrogen and oxygen atoms in total. The van der Waals surface area contributed by atoms with E-state index in [2.05, 4.69) is 14.9 Å². The van der Waals surface area contributed by atoms with Gasteiger partial charge in [0, 0.05) is 24.6 Å². The van der Waals surface area contributed by atoms with Crippen molar-refractivity contribution in [1.29, 1.82) is 0 Å². The number of halogens is 2. The van der Waals surface area contributed by atoms with E-state index in [1.54, 1.807) is 30.3 Å². The van der Waals surface area contributed by atoms with E-state index in [9.17, 15) is 13.2 Å². The minimum atomic E-state index is -3.91. The number of nitrogens with zero attached hydrogens (tertiary/aromatic N) is 3. The number of rotatable bonds is 9. The van der Waals surface area contributed by atoms with Gasteiger partial charge in [0.1, 0.15) is 18.1 Å². The van der Waals surface area contributed by atoms with Gasteiger partial charge in [-0.25, -0.2) is 18.2 Å². The molecule has 12 heteroatoms. The predicted molar refractivity (Wildman–Crippen MR) is 148 cm³/mol. The molecule has 0 unspecified atom stereocenters. The van der Waals surface area contributed by atoms with Crippen LogP contribution in [0.4, 0.5) is 5.69 Å². The van der Waals surface area contributed by atoms with E-state index in [-0.39, 0.29) is 28.9 Å². The van der Waals surface area contributed by atoms with Crippen LogP contribution in [-0.4, -0.2) is 38.7 Å². The number of anilines is 1. The maximum atomic E-state index is 13.1. The van der Waals surface area contributed by atoms with Crippen LogP contribution in [0.3, 0.4) is 0 Å². The van der Waals surface area contributed by atoms with Crippen LogP contribution in [0.5, 0.6) is 5.88 Å². The van der Waals surface area contributed by atoms with E-state index in [4.69, 9.17) is 32.5 Å². The van der Waals surface area contributed by atoms with Gasteiger partial charge in [-0.05, 0) is 42.5 Å². The standard InChI is InChI=1S/C27H25Cl2N3O6S/c1-16(2)26-20(25(31-38-26)24-21(28)6-5-7-22(24)29)15-37-23-13-10-18(14-30-23)32(3)39(34,35)19-11-8-17(9-12-19)27(33)36-4/h5-14,16H,15H2,1-4H3. The largest absolute Gasteiger partial charge is 0.473 e. The second-order valence-electron chi connectivity index (χ2n) is 8.76. The van der Waals surface area contributed by atoms with Crippen LogP contribution < -0.4 is 9.04 Å². The fraction of sp³-hybridized carbons (Fsp3) is 0.222. The smallest absolute Gasteiger partial charge is 0.337 e. The van der Waals surface area contributed by atoms with E-state index in [1.165, 1.54) is 44.6 Å². The summed E-state index contributed by atoms with van der Waals surface area (Å²) in [6.45, 7) is 4.00. The maximum absolute atomic E-state index is 13.1. The molecule has 39 heavy (non-hydrogen) atoms. The second-order valence-corrected chi connectivity index (χ2v) is 11.5. The first-order chi connectivity index (χ1) is 18.5. The second kappa shape index (κ2) is 11.6. The highest BCUT2D eigenvalue weighted by Gasteiger charge is 2.25. The molecule has 2 aromatic carbocycles. The number of aromatic nitrogens is 2. The Bertz CT molecular complexity index is 1570. The number of ether oxygens (including phenoxy) is 2. The molecule has 0 aliphatic carbocycles. The van der Waals surface area contributed by atoms with Crippen molar-refractivity contribution in [2.75, 3.05) is 18.5 Å². The lowest BCUT2D eigenvalue weighted by molar-refractivity contribution is 0.0600. The summed E-state index contributed by atoms with van der Waals surface area (Å²) in [7, 11) is -1.24. The molecule has 0 N–H and O–H groups in total. The number of esters is 1. The molecule has 2 heterocycles. The van der Waals surface area contributed by atoms with Crippen LogP contribution in [-0.2, 0) is 21.4 Å². The van der Waals surface area contributed by atoms with Crippen LogP contribution in [0, 0.1) is 0 Å². The third-order valence-electron chi connectivity index (χ3n) is 5.93. The Morgan fingerprint density at radius 2 is 1.72 bits per heavy atom. The van der Waals surface area contributed by atoms with Crippen LogP contribution >= 0.6 is 23.2 Å². The first-order valence-electron chi connectivity index (χ1n) is 11.7. The summed E-state index contributed by atoms with van der Waals surface area (Å²) >= 11 is 12.8. The van der Waals surface area contributed by atoms with Gasteiger partial charge in [-0.3, -0.25) is 4.31 Å². The topological polar surface area (TPSA) is 112 Å². The molecule has 0 bridgehead atoms. The van der Waals surface area contributed by atoms with E-state index >= 15 is 0 Å². The lowest BCUT2D eigenvalue weighted by atomic mass is 10.0. The molecule has 0 spiro atoms. The summed E-state index contributed by atoms with van der Waals surface area (Å²) in [5.41, 5.74) is 2.27. The highest BCUT2D eigenvalue weighted by atomic mass is 35.5. The molecule has 0 fully saturated rings. The normalized spacial score (nSPS) is 11.5. The number of hydrogen-bond acceptors (Lipinski definition) is 8. The zero-order valence-electron chi connectivity index (χ0n) is 21.5. The molecule has 2 aromatic heterocycles. The number of benzene rings is 2. The summed E-state index contributed by atoms with van der Waals surface area (Å²) in [4.78, 5) is 15.9. The molecular weight excluding hydrogens is 565 g/mol. The van der Waals surface area contributed by atoms with Gasteiger partial charge in [-0.1, -0.05) is 48.3 Å². The Morgan fingerprint density at radius 1 is 1.05 bits per heavy atom. The minimum Gasteiger partial charge on any atom is -0.473 e. The molecular formula is C27H25Cl2N3O6S. The third kappa shape index (κ3) is 5.88. The highest BCUT2D eigenvalue weighted by molar-refractivity contribution is 7.92. The molecule has 0 saturated carbocycles. The van der Waals surface area contributed by atoms with E-state index in [1.807, 2.05) is 13.8 Å². The van der Waals surface area contributed by atoms with Gasteiger partial charge in [0.05, 0.1) is 45.1 Å². The first kappa shape index (κ1) is 28.4. The van der Waals surface area contributed by atoms with Crippen LogP contribution in [0.1, 0.15) is 41.4 Å². The Hall–Kier alpha value is -3.60. The maximum Gasteiger partial charge on any atom is 0.337 e. The van der Waals surface area contributed by atoms with Gasteiger partial charge in [-0.2, -0.15) is 0 Å². The number of carbonyl (C=O) groups excluding carboxylic acids is 1. The highest BCUT2D eigenvalue weighted by Crippen LogP contribution is 2.38. The molecule has 0 atom stereocenters. The van der Waals surface area contributed by atoms with Crippen LogP contribution in [0.15, 0.2) is 70.2 Å². The average Bonchev–Trinajstić information content (AvgIpc) is 3.35. The zero-order valence-corrected chi connectivity index (χ0v) is 23.8. The van der Waals surface area contributed by atoms with Crippen molar-refractivity contribution in [1.82, 2.24) is 10.1 Å².